The Balaban J connectivity index is 1.82. The lowest BCUT2D eigenvalue weighted by atomic mass is 9.44. The zero-order chi connectivity index (χ0) is 27.4. The van der Waals surface area contributed by atoms with Gasteiger partial charge < -0.3 is 9.84 Å². The molecule has 4 aliphatic rings. The number of ketones is 1. The number of hydrogen-bond donors (Lipinski definition) is 1. The molecule has 4 aliphatic carbocycles. The zero-order valence-corrected chi connectivity index (χ0v) is 22.3. The van der Waals surface area contributed by atoms with Crippen LogP contribution in [0.2, 0.25) is 0 Å². The number of allylic oxidation sites excluding steroid dienone is 4. The number of fused-ring (bicyclic) bond motifs is 5. The van der Waals surface area contributed by atoms with Crippen LogP contribution in [0.1, 0.15) is 53.4 Å². The number of hydrogen-bond acceptors (Lipinski definition) is 6. The van der Waals surface area contributed by atoms with Gasteiger partial charge in [-0.3, -0.25) is 14.4 Å². The summed E-state index contributed by atoms with van der Waals surface area (Å²) in [6.45, 7) is 5.74. The Kier molecular flexibility index (Phi) is 7.26. The lowest BCUT2D eigenvalue weighted by molar-refractivity contribution is -0.228. The third kappa shape index (κ3) is 3.76. The van der Waals surface area contributed by atoms with E-state index in [1.54, 1.807) is 20.8 Å². The average Bonchev–Trinajstić information content (AvgIpc) is 3.06. The second-order valence-electron chi connectivity index (χ2n) is 11.1. The summed E-state index contributed by atoms with van der Waals surface area (Å²) in [6, 6.07) is 0. The van der Waals surface area contributed by atoms with Gasteiger partial charge in [0, 0.05) is 29.1 Å². The van der Waals surface area contributed by atoms with E-state index in [9.17, 15) is 23.9 Å². The van der Waals surface area contributed by atoms with E-state index in [1.807, 2.05) is 0 Å². The Hall–Kier alpha value is -2.05. The monoisotopic (exact) mass is 538 g/mol. The molecule has 37 heavy (non-hydrogen) atoms. The molecular formula is C28H33F3O5S. The maximum atomic E-state index is 17.4. The largest absolute Gasteiger partial charge is 0.449 e. The van der Waals surface area contributed by atoms with Crippen molar-refractivity contribution >= 4 is 28.6 Å². The minimum absolute atomic E-state index is 0.00541. The molecule has 9 atom stereocenters. The second kappa shape index (κ2) is 9.60. The fraction of sp³-hybridized carbons (Fsp3) is 0.679. The van der Waals surface area contributed by atoms with E-state index in [4.69, 9.17) is 4.74 Å². The number of aliphatic hydroxyl groups is 1. The Morgan fingerprint density at radius 3 is 2.59 bits per heavy atom. The first-order valence-corrected chi connectivity index (χ1v) is 13.7. The van der Waals surface area contributed by atoms with E-state index < -0.39 is 75.7 Å². The molecule has 0 aromatic carbocycles. The van der Waals surface area contributed by atoms with Crippen LogP contribution in [0.3, 0.4) is 0 Å². The minimum Gasteiger partial charge on any atom is -0.449 e. The number of alkyl halides is 3. The van der Waals surface area contributed by atoms with Gasteiger partial charge in [0.15, 0.2) is 17.1 Å². The van der Waals surface area contributed by atoms with Gasteiger partial charge in [-0.25, -0.2) is 13.2 Å². The summed E-state index contributed by atoms with van der Waals surface area (Å²) in [4.78, 5) is 38.5. The zero-order valence-electron chi connectivity index (χ0n) is 21.5. The van der Waals surface area contributed by atoms with E-state index in [2.05, 4.69) is 11.8 Å². The van der Waals surface area contributed by atoms with Gasteiger partial charge in [0.1, 0.15) is 12.8 Å². The molecule has 202 valence electrons. The first-order chi connectivity index (χ1) is 17.3. The molecule has 4 rings (SSSR count). The molecule has 3 saturated carbocycles. The summed E-state index contributed by atoms with van der Waals surface area (Å²) >= 11 is 0.807. The molecule has 1 N–H and O–H groups in total. The first-order valence-electron chi connectivity index (χ1n) is 12.7. The van der Waals surface area contributed by atoms with E-state index in [0.29, 0.717) is 0 Å². The van der Waals surface area contributed by atoms with Crippen LogP contribution in [0.5, 0.6) is 0 Å². The van der Waals surface area contributed by atoms with Crippen LogP contribution in [-0.4, -0.2) is 57.9 Å². The predicted octanol–water partition coefficient (Wildman–Crippen LogP) is 4.48. The van der Waals surface area contributed by atoms with Crippen molar-refractivity contribution in [2.24, 2.45) is 28.6 Å². The van der Waals surface area contributed by atoms with Gasteiger partial charge in [0.2, 0.25) is 5.12 Å². The number of ether oxygens (including phenoxy) is 1. The number of thioether (sulfide) groups is 1. The fourth-order valence-electron chi connectivity index (χ4n) is 7.78. The molecule has 0 saturated heterocycles. The molecule has 0 aliphatic heterocycles. The van der Waals surface area contributed by atoms with E-state index in [1.165, 1.54) is 19.1 Å². The maximum absolute atomic E-state index is 17.4. The summed E-state index contributed by atoms with van der Waals surface area (Å²) in [5.41, 5.74) is -6.71. The molecule has 0 radical (unpaired) electrons. The summed E-state index contributed by atoms with van der Waals surface area (Å²) in [7, 11) is 0. The normalized spacial score (nSPS) is 44.1. The molecular weight excluding hydrogens is 505 g/mol. The highest BCUT2D eigenvalue weighted by Crippen LogP contribution is 2.72. The average molecular weight is 539 g/mol. The van der Waals surface area contributed by atoms with E-state index >= 15 is 8.78 Å². The van der Waals surface area contributed by atoms with Crippen molar-refractivity contribution in [2.75, 3.05) is 12.4 Å². The Morgan fingerprint density at radius 2 is 1.95 bits per heavy atom. The van der Waals surface area contributed by atoms with Crippen molar-refractivity contribution in [3.63, 3.8) is 0 Å². The molecule has 0 aromatic heterocycles. The van der Waals surface area contributed by atoms with Crippen molar-refractivity contribution in [1.29, 1.82) is 0 Å². The van der Waals surface area contributed by atoms with Crippen LogP contribution < -0.4 is 0 Å². The number of aliphatic hydroxyl groups excluding tert-OH is 1. The Labute approximate surface area is 219 Å². The first kappa shape index (κ1) is 28.0. The summed E-state index contributed by atoms with van der Waals surface area (Å²) in [5, 5.41) is 11.0. The van der Waals surface area contributed by atoms with Gasteiger partial charge >= 0.3 is 5.97 Å². The smallest absolute Gasteiger partial charge is 0.306 e. The lowest BCUT2D eigenvalue weighted by Gasteiger charge is -2.63. The van der Waals surface area contributed by atoms with Crippen molar-refractivity contribution in [1.82, 2.24) is 0 Å². The van der Waals surface area contributed by atoms with E-state index in [0.717, 1.165) is 17.8 Å². The molecule has 5 nitrogen and oxygen atoms in total. The summed E-state index contributed by atoms with van der Waals surface area (Å²) < 4.78 is 51.4. The van der Waals surface area contributed by atoms with Crippen LogP contribution in [0.25, 0.3) is 0 Å². The van der Waals surface area contributed by atoms with E-state index in [-0.39, 0.29) is 37.0 Å². The quantitative estimate of drug-likeness (QED) is 0.420. The van der Waals surface area contributed by atoms with Crippen molar-refractivity contribution in [3.05, 3.63) is 23.8 Å². The molecule has 9 heteroatoms. The van der Waals surface area contributed by atoms with Crippen LogP contribution in [-0.2, 0) is 19.1 Å². The third-order valence-electron chi connectivity index (χ3n) is 9.50. The maximum Gasteiger partial charge on any atom is 0.306 e. The number of halogens is 3. The molecule has 3 fully saturated rings. The number of rotatable bonds is 4. The van der Waals surface area contributed by atoms with Crippen molar-refractivity contribution in [3.8, 4) is 11.8 Å². The molecule has 0 bridgehead atoms. The summed E-state index contributed by atoms with van der Waals surface area (Å²) in [5.74, 6) is 1.63. The second-order valence-corrected chi connectivity index (χ2v) is 12.1. The highest BCUT2D eigenvalue weighted by molar-refractivity contribution is 8.14. The van der Waals surface area contributed by atoms with Gasteiger partial charge in [-0.05, 0) is 49.8 Å². The molecule has 2 unspecified atom stereocenters. The van der Waals surface area contributed by atoms with Crippen LogP contribution >= 0.6 is 11.8 Å². The highest BCUT2D eigenvalue weighted by Gasteiger charge is 2.78. The third-order valence-corrected chi connectivity index (χ3v) is 10.4. The number of carbonyl (C=O) groups is 3. The van der Waals surface area contributed by atoms with Gasteiger partial charge in [-0.2, -0.15) is 0 Å². The summed E-state index contributed by atoms with van der Waals surface area (Å²) in [6.07, 6.45) is 0.312. The Morgan fingerprint density at radius 1 is 1.24 bits per heavy atom. The minimum atomic E-state index is -2.30. The van der Waals surface area contributed by atoms with Crippen LogP contribution in [0, 0.1) is 40.4 Å². The Bertz CT molecular complexity index is 1130. The van der Waals surface area contributed by atoms with Crippen LogP contribution in [0.15, 0.2) is 23.8 Å². The van der Waals surface area contributed by atoms with Crippen LogP contribution in [0.4, 0.5) is 13.2 Å². The van der Waals surface area contributed by atoms with Gasteiger partial charge in [0.05, 0.1) is 11.9 Å². The van der Waals surface area contributed by atoms with Gasteiger partial charge in [0.25, 0.3) is 0 Å². The number of carbonyl (C=O) groups excluding carboxylic acids is 3. The molecule has 0 aromatic rings. The molecule has 0 amide bonds. The molecule has 0 heterocycles. The topological polar surface area (TPSA) is 80.7 Å². The van der Waals surface area contributed by atoms with Gasteiger partial charge in [-0.1, -0.05) is 50.4 Å². The lowest BCUT2D eigenvalue weighted by Crippen LogP contribution is -2.70. The standard InChI is InChI=1S/C28H33F3O5S/c1-5-23(34)36-28(24(35)37-11-7-6-10-29)16(2)12-18-19-14-21(30)20-13-17(32)8-9-25(20,3)27(19,31)22(33)15-26(18,28)4/h8-9,13,16,18-19,21-22,33H,5,10-12,14-15H2,1-4H3/t16-,18?,19?,21+,22+,25+,26+,27+,28+/m1/s1. The fourth-order valence-corrected chi connectivity index (χ4v) is 8.77. The molecule has 0 spiro atoms. The van der Waals surface area contributed by atoms with Crippen molar-refractivity contribution in [2.45, 2.75) is 76.9 Å². The highest BCUT2D eigenvalue weighted by atomic mass is 32.2. The van der Waals surface area contributed by atoms with Gasteiger partial charge in [-0.15, -0.1) is 0 Å². The van der Waals surface area contributed by atoms with Crippen molar-refractivity contribution < 1.29 is 37.4 Å². The number of esters is 1. The SMILES string of the molecule is CCC(=O)O[C@]1(C(=O)SCC#CCF)[C@H](C)CC2C3C[C@H](F)C4=CC(=O)C=C[C@]4(C)[C@@]3(F)[C@@H](O)C[C@@]21C. The predicted molar refractivity (Wildman–Crippen MR) is 134 cm³/mol.